The lowest BCUT2D eigenvalue weighted by atomic mass is 10.00. The highest BCUT2D eigenvalue weighted by Crippen LogP contribution is 2.42. The third kappa shape index (κ3) is 3.54. The number of carbonyl (C=O) groups is 2. The molecular weight excluding hydrogens is 316 g/mol. The molecule has 7 heteroatoms. The standard InChI is InChI=1S/C16H26N2O4S/c1-11-4-3-6-18(9-11)16(20)14-8-13(14)15(19)17(2)12-5-7-23(21,22)10-12/h11-14H,3-10H2,1-2H3. The molecule has 0 N–H and O–H groups in total. The summed E-state index contributed by atoms with van der Waals surface area (Å²) < 4.78 is 23.1. The molecule has 23 heavy (non-hydrogen) atoms. The number of likely N-dealkylation sites (tertiary alicyclic amines) is 1. The van der Waals surface area contributed by atoms with E-state index in [1.54, 1.807) is 11.9 Å². The monoisotopic (exact) mass is 342 g/mol. The second kappa shape index (κ2) is 6.07. The first-order valence-corrected chi connectivity index (χ1v) is 10.4. The third-order valence-electron chi connectivity index (χ3n) is 5.50. The van der Waals surface area contributed by atoms with Gasteiger partial charge in [0.1, 0.15) is 0 Å². The van der Waals surface area contributed by atoms with Gasteiger partial charge >= 0.3 is 0 Å². The predicted octanol–water partition coefficient (Wildman–Crippen LogP) is 0.527. The molecule has 0 bridgehead atoms. The number of sulfone groups is 1. The summed E-state index contributed by atoms with van der Waals surface area (Å²) in [6, 6.07) is -0.223. The maximum absolute atomic E-state index is 12.5. The molecule has 0 radical (unpaired) electrons. The van der Waals surface area contributed by atoms with Gasteiger partial charge in [0.2, 0.25) is 11.8 Å². The fourth-order valence-electron chi connectivity index (χ4n) is 3.89. The van der Waals surface area contributed by atoms with Gasteiger partial charge in [-0.3, -0.25) is 9.59 Å². The van der Waals surface area contributed by atoms with Gasteiger partial charge in [0.15, 0.2) is 9.84 Å². The van der Waals surface area contributed by atoms with Crippen LogP contribution >= 0.6 is 0 Å². The molecule has 4 unspecified atom stereocenters. The van der Waals surface area contributed by atoms with Crippen molar-refractivity contribution in [3.05, 3.63) is 0 Å². The van der Waals surface area contributed by atoms with Crippen LogP contribution in [0.1, 0.15) is 32.6 Å². The summed E-state index contributed by atoms with van der Waals surface area (Å²) in [6.45, 7) is 3.76. The molecule has 2 aliphatic heterocycles. The Morgan fingerprint density at radius 1 is 1.17 bits per heavy atom. The highest BCUT2D eigenvalue weighted by Gasteiger charge is 2.51. The number of hydrogen-bond donors (Lipinski definition) is 0. The van der Waals surface area contributed by atoms with Crippen LogP contribution in [0.25, 0.3) is 0 Å². The fraction of sp³-hybridized carbons (Fsp3) is 0.875. The van der Waals surface area contributed by atoms with Gasteiger partial charge in [-0.1, -0.05) is 6.92 Å². The van der Waals surface area contributed by atoms with Crippen molar-refractivity contribution < 1.29 is 18.0 Å². The fourth-order valence-corrected chi connectivity index (χ4v) is 5.66. The zero-order valence-corrected chi connectivity index (χ0v) is 14.7. The van der Waals surface area contributed by atoms with Crippen LogP contribution in [-0.2, 0) is 19.4 Å². The van der Waals surface area contributed by atoms with Crippen molar-refractivity contribution in [3.63, 3.8) is 0 Å². The Bertz CT molecular complexity index is 603. The van der Waals surface area contributed by atoms with Crippen LogP contribution in [0.5, 0.6) is 0 Å². The van der Waals surface area contributed by atoms with Crippen LogP contribution in [0, 0.1) is 17.8 Å². The maximum Gasteiger partial charge on any atom is 0.226 e. The van der Waals surface area contributed by atoms with E-state index in [-0.39, 0.29) is 41.2 Å². The van der Waals surface area contributed by atoms with Crippen molar-refractivity contribution in [1.82, 2.24) is 9.80 Å². The molecule has 1 aliphatic carbocycles. The van der Waals surface area contributed by atoms with Gasteiger partial charge < -0.3 is 9.80 Å². The normalized spacial score (nSPS) is 35.8. The van der Waals surface area contributed by atoms with E-state index in [9.17, 15) is 18.0 Å². The van der Waals surface area contributed by atoms with Crippen molar-refractivity contribution in [2.75, 3.05) is 31.6 Å². The van der Waals surface area contributed by atoms with E-state index in [0.717, 1.165) is 25.9 Å². The number of amides is 2. The molecule has 2 amide bonds. The highest BCUT2D eigenvalue weighted by molar-refractivity contribution is 7.91. The Balaban J connectivity index is 1.55. The van der Waals surface area contributed by atoms with E-state index in [0.29, 0.717) is 18.8 Å². The third-order valence-corrected chi connectivity index (χ3v) is 7.25. The number of carbonyl (C=O) groups excluding carboxylic acids is 2. The van der Waals surface area contributed by atoms with Crippen LogP contribution in [0.2, 0.25) is 0 Å². The van der Waals surface area contributed by atoms with Crippen molar-refractivity contribution in [2.45, 2.75) is 38.6 Å². The van der Waals surface area contributed by atoms with E-state index in [2.05, 4.69) is 6.92 Å². The van der Waals surface area contributed by atoms with Gasteiger partial charge in [-0.2, -0.15) is 0 Å². The molecule has 130 valence electrons. The van der Waals surface area contributed by atoms with Crippen LogP contribution in [0.3, 0.4) is 0 Å². The van der Waals surface area contributed by atoms with Crippen LogP contribution in [0.15, 0.2) is 0 Å². The second-order valence-electron chi connectivity index (χ2n) is 7.49. The van der Waals surface area contributed by atoms with E-state index >= 15 is 0 Å². The molecule has 3 fully saturated rings. The molecule has 2 saturated heterocycles. The Morgan fingerprint density at radius 2 is 1.91 bits per heavy atom. The molecule has 3 aliphatic rings. The van der Waals surface area contributed by atoms with Crippen molar-refractivity contribution in [1.29, 1.82) is 0 Å². The minimum atomic E-state index is -3.00. The lowest BCUT2D eigenvalue weighted by Gasteiger charge is -2.31. The molecule has 3 rings (SSSR count). The van der Waals surface area contributed by atoms with Crippen molar-refractivity contribution in [3.8, 4) is 0 Å². The average molecular weight is 342 g/mol. The summed E-state index contributed by atoms with van der Waals surface area (Å²) in [5.41, 5.74) is 0. The molecule has 1 saturated carbocycles. The van der Waals surface area contributed by atoms with E-state index in [1.165, 1.54) is 0 Å². The van der Waals surface area contributed by atoms with E-state index in [4.69, 9.17) is 0 Å². The number of nitrogens with zero attached hydrogens (tertiary/aromatic N) is 2. The van der Waals surface area contributed by atoms with Crippen LogP contribution < -0.4 is 0 Å². The first-order valence-electron chi connectivity index (χ1n) is 8.54. The number of hydrogen-bond acceptors (Lipinski definition) is 4. The average Bonchev–Trinajstić information content (AvgIpc) is 3.22. The van der Waals surface area contributed by atoms with Gasteiger partial charge in [0.05, 0.1) is 23.3 Å². The Morgan fingerprint density at radius 3 is 2.52 bits per heavy atom. The van der Waals surface area contributed by atoms with E-state index < -0.39 is 9.84 Å². The first-order chi connectivity index (χ1) is 10.8. The molecule has 0 aromatic heterocycles. The molecule has 0 aromatic rings. The summed E-state index contributed by atoms with van der Waals surface area (Å²) >= 11 is 0. The quantitative estimate of drug-likeness (QED) is 0.750. The largest absolute Gasteiger partial charge is 0.342 e. The lowest BCUT2D eigenvalue weighted by Crippen LogP contribution is -2.42. The molecular formula is C16H26N2O4S. The highest BCUT2D eigenvalue weighted by atomic mass is 32.2. The van der Waals surface area contributed by atoms with Crippen LogP contribution in [0.4, 0.5) is 0 Å². The van der Waals surface area contributed by atoms with Crippen molar-refractivity contribution in [2.24, 2.45) is 17.8 Å². The Labute approximate surface area is 138 Å². The Hall–Kier alpha value is -1.11. The van der Waals surface area contributed by atoms with E-state index in [1.807, 2.05) is 4.90 Å². The van der Waals surface area contributed by atoms with Gasteiger partial charge in [-0.05, 0) is 31.6 Å². The summed E-state index contributed by atoms with van der Waals surface area (Å²) in [4.78, 5) is 28.5. The minimum Gasteiger partial charge on any atom is -0.342 e. The zero-order chi connectivity index (χ0) is 16.8. The van der Waals surface area contributed by atoms with Gasteiger partial charge in [-0.25, -0.2) is 8.42 Å². The number of piperidine rings is 1. The maximum atomic E-state index is 12.5. The Kier molecular flexibility index (Phi) is 4.42. The van der Waals surface area contributed by atoms with Gasteiger partial charge in [0, 0.05) is 26.2 Å². The van der Waals surface area contributed by atoms with Gasteiger partial charge in [-0.15, -0.1) is 0 Å². The summed E-state index contributed by atoms with van der Waals surface area (Å²) in [6.07, 6.45) is 3.33. The molecule has 0 aromatic carbocycles. The molecule has 2 heterocycles. The number of rotatable bonds is 3. The minimum absolute atomic E-state index is 0.0597. The molecule has 0 spiro atoms. The zero-order valence-electron chi connectivity index (χ0n) is 13.9. The summed E-state index contributed by atoms with van der Waals surface area (Å²) in [5, 5.41) is 0. The summed E-state index contributed by atoms with van der Waals surface area (Å²) in [5.74, 6) is 0.379. The predicted molar refractivity (Wildman–Crippen MR) is 86.4 cm³/mol. The van der Waals surface area contributed by atoms with Crippen molar-refractivity contribution >= 4 is 21.7 Å². The second-order valence-corrected chi connectivity index (χ2v) is 9.72. The smallest absolute Gasteiger partial charge is 0.226 e. The lowest BCUT2D eigenvalue weighted by molar-refractivity contribution is -0.139. The molecule has 4 atom stereocenters. The molecule has 6 nitrogen and oxygen atoms in total. The summed E-state index contributed by atoms with van der Waals surface area (Å²) in [7, 11) is -1.32. The van der Waals surface area contributed by atoms with Gasteiger partial charge in [0.25, 0.3) is 0 Å². The first kappa shape index (κ1) is 16.7. The topological polar surface area (TPSA) is 74.8 Å². The van der Waals surface area contributed by atoms with Crippen LogP contribution in [-0.4, -0.2) is 67.7 Å². The SMILES string of the molecule is CC1CCCN(C(=O)C2CC2C(=O)N(C)C2CCS(=O)(=O)C2)C1.